The van der Waals surface area contributed by atoms with Crippen molar-refractivity contribution < 1.29 is 9.47 Å². The molecular formula is C18H21NO2. The van der Waals surface area contributed by atoms with Crippen LogP contribution in [0.25, 0.3) is 0 Å². The Balaban J connectivity index is 1.84. The van der Waals surface area contributed by atoms with Crippen LogP contribution in [0.4, 0.5) is 0 Å². The molecule has 2 N–H and O–H groups in total. The normalized spacial score (nSPS) is 18.9. The second kappa shape index (κ2) is 5.78. The molecule has 0 aliphatic carbocycles. The smallest absolute Gasteiger partial charge is 0.161 e. The topological polar surface area (TPSA) is 44.5 Å². The lowest BCUT2D eigenvalue weighted by Gasteiger charge is -2.24. The van der Waals surface area contributed by atoms with E-state index in [1.54, 1.807) is 0 Å². The highest BCUT2D eigenvalue weighted by atomic mass is 16.5. The number of rotatable bonds is 2. The molecule has 1 aliphatic rings. The molecule has 1 aliphatic heterocycles. The molecule has 0 amide bonds. The van der Waals surface area contributed by atoms with E-state index >= 15 is 0 Å². The van der Waals surface area contributed by atoms with Crippen LogP contribution in [0, 0.1) is 13.8 Å². The van der Waals surface area contributed by atoms with Gasteiger partial charge in [-0.15, -0.1) is 0 Å². The van der Waals surface area contributed by atoms with Gasteiger partial charge in [-0.3, -0.25) is 0 Å². The third-order valence-corrected chi connectivity index (χ3v) is 4.10. The van der Waals surface area contributed by atoms with E-state index in [1.165, 1.54) is 11.1 Å². The predicted octanol–water partition coefficient (Wildman–Crippen LogP) is 3.53. The van der Waals surface area contributed by atoms with Crippen LogP contribution in [0.3, 0.4) is 0 Å². The molecule has 0 aromatic heterocycles. The maximum absolute atomic E-state index is 6.43. The molecule has 0 bridgehead atoms. The van der Waals surface area contributed by atoms with E-state index in [-0.39, 0.29) is 12.1 Å². The minimum Gasteiger partial charge on any atom is -0.490 e. The second-order valence-corrected chi connectivity index (χ2v) is 5.61. The standard InChI is InChI=1S/C18H21NO2/c1-12-7-8-14(11-13(12)2)18(19)17-9-10-20-15-5-3-4-6-16(15)21-17/h3-8,11,17-18H,9-10,19H2,1-2H3. The first-order chi connectivity index (χ1) is 10.1. The summed E-state index contributed by atoms with van der Waals surface area (Å²) in [6.07, 6.45) is 0.707. The zero-order valence-corrected chi connectivity index (χ0v) is 12.5. The quantitative estimate of drug-likeness (QED) is 0.917. The van der Waals surface area contributed by atoms with Gasteiger partial charge in [-0.25, -0.2) is 0 Å². The first-order valence-electron chi connectivity index (χ1n) is 7.36. The van der Waals surface area contributed by atoms with Crippen LogP contribution in [-0.2, 0) is 0 Å². The summed E-state index contributed by atoms with van der Waals surface area (Å²) < 4.78 is 11.8. The van der Waals surface area contributed by atoms with Gasteiger partial charge in [0.05, 0.1) is 12.6 Å². The van der Waals surface area contributed by atoms with Gasteiger partial charge < -0.3 is 15.2 Å². The Morgan fingerprint density at radius 2 is 1.81 bits per heavy atom. The minimum atomic E-state index is -0.154. The molecule has 2 atom stereocenters. The van der Waals surface area contributed by atoms with Gasteiger partial charge in [0, 0.05) is 6.42 Å². The lowest BCUT2D eigenvalue weighted by Crippen LogP contribution is -2.32. The van der Waals surface area contributed by atoms with Gasteiger partial charge in [-0.05, 0) is 42.7 Å². The number of hydrogen-bond donors (Lipinski definition) is 1. The van der Waals surface area contributed by atoms with Gasteiger partial charge in [0.1, 0.15) is 6.10 Å². The van der Waals surface area contributed by atoms with Crippen LogP contribution in [0.2, 0.25) is 0 Å². The number of para-hydroxylation sites is 2. The van der Waals surface area contributed by atoms with E-state index in [4.69, 9.17) is 15.2 Å². The Morgan fingerprint density at radius 3 is 2.57 bits per heavy atom. The SMILES string of the molecule is Cc1ccc(C(N)C2CCOc3ccccc3O2)cc1C. The Bertz CT molecular complexity index is 639. The van der Waals surface area contributed by atoms with Gasteiger partial charge in [0.15, 0.2) is 11.5 Å². The van der Waals surface area contributed by atoms with E-state index in [9.17, 15) is 0 Å². The molecule has 110 valence electrons. The number of nitrogens with two attached hydrogens (primary N) is 1. The largest absolute Gasteiger partial charge is 0.490 e. The van der Waals surface area contributed by atoms with Gasteiger partial charge in [0.25, 0.3) is 0 Å². The second-order valence-electron chi connectivity index (χ2n) is 5.61. The fourth-order valence-electron chi connectivity index (χ4n) is 2.61. The molecule has 3 rings (SSSR count). The van der Waals surface area contributed by atoms with Crippen LogP contribution in [0.15, 0.2) is 42.5 Å². The first-order valence-corrected chi connectivity index (χ1v) is 7.36. The number of hydrogen-bond acceptors (Lipinski definition) is 3. The average molecular weight is 283 g/mol. The summed E-state index contributed by atoms with van der Waals surface area (Å²) in [7, 11) is 0. The lowest BCUT2D eigenvalue weighted by atomic mass is 9.96. The number of aryl methyl sites for hydroxylation is 2. The Labute approximate surface area is 125 Å². The molecule has 2 unspecified atom stereocenters. The summed E-state index contributed by atoms with van der Waals surface area (Å²) in [5.41, 5.74) is 10.1. The van der Waals surface area contributed by atoms with E-state index in [0.29, 0.717) is 6.61 Å². The Morgan fingerprint density at radius 1 is 1.05 bits per heavy atom. The highest BCUT2D eigenvalue weighted by Crippen LogP contribution is 2.33. The number of benzene rings is 2. The van der Waals surface area contributed by atoms with Crippen LogP contribution >= 0.6 is 0 Å². The highest BCUT2D eigenvalue weighted by Gasteiger charge is 2.25. The number of fused-ring (bicyclic) bond motifs is 1. The van der Waals surface area contributed by atoms with E-state index in [1.807, 2.05) is 24.3 Å². The molecular weight excluding hydrogens is 262 g/mol. The summed E-state index contributed by atoms with van der Waals surface area (Å²) in [6.45, 7) is 4.84. The fourth-order valence-corrected chi connectivity index (χ4v) is 2.61. The van der Waals surface area contributed by atoms with Crippen molar-refractivity contribution in [2.24, 2.45) is 5.73 Å². The zero-order valence-electron chi connectivity index (χ0n) is 12.5. The fraction of sp³-hybridized carbons (Fsp3) is 0.333. The van der Waals surface area contributed by atoms with Crippen LogP contribution < -0.4 is 15.2 Å². The van der Waals surface area contributed by atoms with Crippen LogP contribution in [0.1, 0.15) is 29.2 Å². The van der Waals surface area contributed by atoms with Crippen molar-refractivity contribution in [3.63, 3.8) is 0 Å². The minimum absolute atomic E-state index is 0.0734. The van der Waals surface area contributed by atoms with Crippen LogP contribution in [-0.4, -0.2) is 12.7 Å². The monoisotopic (exact) mass is 283 g/mol. The predicted molar refractivity (Wildman–Crippen MR) is 83.8 cm³/mol. The molecule has 0 radical (unpaired) electrons. The maximum atomic E-state index is 6.43. The molecule has 2 aromatic carbocycles. The summed E-state index contributed by atoms with van der Waals surface area (Å²) in [6, 6.07) is 14.0. The summed E-state index contributed by atoms with van der Waals surface area (Å²) in [5.74, 6) is 1.58. The third kappa shape index (κ3) is 2.88. The molecule has 1 heterocycles. The van der Waals surface area contributed by atoms with Crippen molar-refractivity contribution >= 4 is 0 Å². The molecule has 0 saturated heterocycles. The molecule has 3 heteroatoms. The van der Waals surface area contributed by atoms with Gasteiger partial charge in [-0.2, -0.15) is 0 Å². The molecule has 0 spiro atoms. The van der Waals surface area contributed by atoms with E-state index in [2.05, 4.69) is 32.0 Å². The zero-order chi connectivity index (χ0) is 14.8. The van der Waals surface area contributed by atoms with Crippen molar-refractivity contribution in [2.75, 3.05) is 6.61 Å². The van der Waals surface area contributed by atoms with Crippen molar-refractivity contribution in [2.45, 2.75) is 32.4 Å². The molecule has 0 fully saturated rings. The lowest BCUT2D eigenvalue weighted by molar-refractivity contribution is 0.162. The van der Waals surface area contributed by atoms with Crippen molar-refractivity contribution in [3.05, 3.63) is 59.2 Å². The summed E-state index contributed by atoms with van der Waals surface area (Å²) >= 11 is 0. The molecule has 0 saturated carbocycles. The molecule has 2 aromatic rings. The summed E-state index contributed by atoms with van der Waals surface area (Å²) in [5, 5.41) is 0. The average Bonchev–Trinajstić information content (AvgIpc) is 2.71. The Hall–Kier alpha value is -2.00. The van der Waals surface area contributed by atoms with Gasteiger partial charge >= 0.3 is 0 Å². The molecule has 3 nitrogen and oxygen atoms in total. The van der Waals surface area contributed by atoms with Gasteiger partial charge in [0.2, 0.25) is 0 Å². The van der Waals surface area contributed by atoms with E-state index in [0.717, 1.165) is 23.5 Å². The maximum Gasteiger partial charge on any atom is 0.161 e. The highest BCUT2D eigenvalue weighted by molar-refractivity contribution is 5.40. The first kappa shape index (κ1) is 14.0. The number of ether oxygens (including phenoxy) is 2. The third-order valence-electron chi connectivity index (χ3n) is 4.10. The Kier molecular flexibility index (Phi) is 3.84. The van der Waals surface area contributed by atoms with Gasteiger partial charge in [-0.1, -0.05) is 30.3 Å². The summed E-state index contributed by atoms with van der Waals surface area (Å²) in [4.78, 5) is 0. The van der Waals surface area contributed by atoms with E-state index < -0.39 is 0 Å². The van der Waals surface area contributed by atoms with Crippen molar-refractivity contribution in [1.82, 2.24) is 0 Å². The molecule has 21 heavy (non-hydrogen) atoms. The van der Waals surface area contributed by atoms with Crippen molar-refractivity contribution in [3.8, 4) is 11.5 Å². The van der Waals surface area contributed by atoms with Crippen molar-refractivity contribution in [1.29, 1.82) is 0 Å². The van der Waals surface area contributed by atoms with Crippen LogP contribution in [0.5, 0.6) is 11.5 Å².